The molecule has 0 N–H and O–H groups in total. The monoisotopic (exact) mass is 268 g/mol. The molecule has 0 bridgehead atoms. The fraction of sp³-hybridized carbons (Fsp3) is 0.273. The highest BCUT2D eigenvalue weighted by Crippen LogP contribution is 2.17. The van der Waals surface area contributed by atoms with E-state index in [9.17, 15) is 13.2 Å². The minimum absolute atomic E-state index is 0.318. The molecule has 0 aliphatic heterocycles. The van der Waals surface area contributed by atoms with Crippen LogP contribution in [0, 0.1) is 11.3 Å². The third-order valence-corrected chi connectivity index (χ3v) is 3.93. The maximum absolute atomic E-state index is 11.8. The Hall–Kier alpha value is -2.07. The molecule has 1 aromatic rings. The lowest BCUT2D eigenvalue weighted by Crippen LogP contribution is -2.32. The number of esters is 1. The second kappa shape index (κ2) is 5.51. The molecule has 96 valence electrons. The predicted molar refractivity (Wildman–Crippen MR) is 65.4 cm³/mol. The SMILES string of the molecule is COC(=O)CS(=O)(=O)N(C)c1cccc(C#N)c1. The van der Waals surface area contributed by atoms with Gasteiger partial charge in [0.1, 0.15) is 0 Å². The Kier molecular flexibility index (Phi) is 4.28. The van der Waals surface area contributed by atoms with Crippen LogP contribution in [-0.2, 0) is 19.6 Å². The summed E-state index contributed by atoms with van der Waals surface area (Å²) in [5.74, 6) is -1.57. The number of benzene rings is 1. The van der Waals surface area contributed by atoms with Crippen LogP contribution in [0.2, 0.25) is 0 Å². The van der Waals surface area contributed by atoms with Crippen molar-refractivity contribution in [3.05, 3.63) is 29.8 Å². The molecule has 0 radical (unpaired) electrons. The lowest BCUT2D eigenvalue weighted by molar-refractivity contribution is -0.137. The number of carbonyl (C=O) groups excluding carboxylic acids is 1. The maximum Gasteiger partial charge on any atom is 0.322 e. The molecular weight excluding hydrogens is 256 g/mol. The molecule has 0 spiro atoms. The molecule has 0 unspecified atom stereocenters. The summed E-state index contributed by atoms with van der Waals surface area (Å²) in [6.07, 6.45) is 0. The second-order valence-electron chi connectivity index (χ2n) is 3.46. The Bertz CT molecular complexity index is 589. The molecule has 1 aromatic carbocycles. The number of nitriles is 1. The summed E-state index contributed by atoms with van der Waals surface area (Å²) in [5, 5.41) is 8.74. The smallest absolute Gasteiger partial charge is 0.322 e. The molecule has 1 rings (SSSR count). The van der Waals surface area contributed by atoms with Gasteiger partial charge >= 0.3 is 5.97 Å². The van der Waals surface area contributed by atoms with E-state index in [0.717, 1.165) is 11.4 Å². The summed E-state index contributed by atoms with van der Waals surface area (Å²) in [6, 6.07) is 8.00. The Morgan fingerprint density at radius 2 is 2.17 bits per heavy atom. The molecular formula is C11H12N2O4S. The van der Waals surface area contributed by atoms with Gasteiger partial charge in [-0.05, 0) is 18.2 Å². The third-order valence-electron chi connectivity index (χ3n) is 2.28. The minimum atomic E-state index is -3.80. The van der Waals surface area contributed by atoms with Crippen LogP contribution in [0.1, 0.15) is 5.56 Å². The third kappa shape index (κ3) is 3.21. The van der Waals surface area contributed by atoms with Gasteiger partial charge in [0.05, 0.1) is 24.4 Å². The van der Waals surface area contributed by atoms with E-state index in [-0.39, 0.29) is 0 Å². The van der Waals surface area contributed by atoms with Gasteiger partial charge in [-0.1, -0.05) is 6.07 Å². The molecule has 0 atom stereocenters. The van der Waals surface area contributed by atoms with Crippen molar-refractivity contribution in [3.8, 4) is 6.07 Å². The number of hydrogen-bond acceptors (Lipinski definition) is 5. The minimum Gasteiger partial charge on any atom is -0.468 e. The Balaban J connectivity index is 3.02. The zero-order valence-corrected chi connectivity index (χ0v) is 10.8. The van der Waals surface area contributed by atoms with Crippen molar-refractivity contribution in [1.29, 1.82) is 5.26 Å². The number of nitrogens with zero attached hydrogens (tertiary/aromatic N) is 2. The van der Waals surface area contributed by atoms with E-state index < -0.39 is 21.7 Å². The van der Waals surface area contributed by atoms with E-state index in [2.05, 4.69) is 4.74 Å². The molecule has 0 amide bonds. The van der Waals surface area contributed by atoms with Crippen LogP contribution in [0.15, 0.2) is 24.3 Å². The molecule has 7 heteroatoms. The van der Waals surface area contributed by atoms with E-state index >= 15 is 0 Å². The fourth-order valence-corrected chi connectivity index (χ4v) is 2.28. The summed E-state index contributed by atoms with van der Waals surface area (Å²) >= 11 is 0. The van der Waals surface area contributed by atoms with Gasteiger partial charge in [0.25, 0.3) is 0 Å². The number of carbonyl (C=O) groups is 1. The van der Waals surface area contributed by atoms with Crippen molar-refractivity contribution in [2.45, 2.75) is 0 Å². The van der Waals surface area contributed by atoms with E-state index in [1.165, 1.54) is 19.2 Å². The molecule has 6 nitrogen and oxygen atoms in total. The fourth-order valence-electron chi connectivity index (χ4n) is 1.24. The molecule has 0 aliphatic rings. The predicted octanol–water partition coefficient (Wildman–Crippen LogP) is 0.497. The van der Waals surface area contributed by atoms with Crippen molar-refractivity contribution in [2.75, 3.05) is 24.2 Å². The zero-order valence-electron chi connectivity index (χ0n) is 9.95. The lowest BCUT2D eigenvalue weighted by Gasteiger charge is -2.18. The molecule has 0 saturated carbocycles. The van der Waals surface area contributed by atoms with Crippen LogP contribution in [0.4, 0.5) is 5.69 Å². The van der Waals surface area contributed by atoms with Crippen molar-refractivity contribution < 1.29 is 17.9 Å². The highest BCUT2D eigenvalue weighted by Gasteiger charge is 2.23. The number of hydrogen-bond donors (Lipinski definition) is 0. The molecule has 0 aromatic heterocycles. The largest absolute Gasteiger partial charge is 0.468 e. The van der Waals surface area contributed by atoms with Crippen LogP contribution >= 0.6 is 0 Å². The van der Waals surface area contributed by atoms with Gasteiger partial charge in [-0.15, -0.1) is 0 Å². The standard InChI is InChI=1S/C11H12N2O4S/c1-13(18(15,16)8-11(14)17-2)10-5-3-4-9(6-10)7-12/h3-6H,8H2,1-2H3. The summed E-state index contributed by atoms with van der Waals surface area (Å²) in [5.41, 5.74) is 0.658. The average Bonchev–Trinajstić information content (AvgIpc) is 2.37. The molecule has 0 heterocycles. The summed E-state index contributed by atoms with van der Waals surface area (Å²) < 4.78 is 29.0. The quantitative estimate of drug-likeness (QED) is 0.742. The topological polar surface area (TPSA) is 87.5 Å². The normalized spacial score (nSPS) is 10.5. The molecule has 0 aliphatic carbocycles. The van der Waals surface area contributed by atoms with Crippen molar-refractivity contribution in [1.82, 2.24) is 0 Å². The van der Waals surface area contributed by atoms with Crippen LogP contribution < -0.4 is 4.31 Å². The van der Waals surface area contributed by atoms with Gasteiger partial charge in [-0.2, -0.15) is 5.26 Å². The highest BCUT2D eigenvalue weighted by molar-refractivity contribution is 7.93. The first kappa shape index (κ1) is 14.0. The van der Waals surface area contributed by atoms with Crippen LogP contribution in [0.25, 0.3) is 0 Å². The molecule has 0 saturated heterocycles. The van der Waals surface area contributed by atoms with Crippen molar-refractivity contribution in [2.24, 2.45) is 0 Å². The number of methoxy groups -OCH3 is 1. The summed E-state index contributed by atoms with van der Waals surface area (Å²) in [4.78, 5) is 11.0. The van der Waals surface area contributed by atoms with Gasteiger partial charge in [-0.25, -0.2) is 8.42 Å². The summed E-state index contributed by atoms with van der Waals surface area (Å²) in [6.45, 7) is 0. The number of sulfonamides is 1. The average molecular weight is 268 g/mol. The van der Waals surface area contributed by atoms with Crippen molar-refractivity contribution in [3.63, 3.8) is 0 Å². The van der Waals surface area contributed by atoms with Gasteiger partial charge in [-0.3, -0.25) is 9.10 Å². The first-order valence-corrected chi connectivity index (χ1v) is 6.55. The number of rotatable bonds is 4. The maximum atomic E-state index is 11.8. The summed E-state index contributed by atoms with van der Waals surface area (Å²) in [7, 11) is -1.37. The Morgan fingerprint density at radius 3 is 2.72 bits per heavy atom. The van der Waals surface area contributed by atoms with Crippen LogP contribution in [0.3, 0.4) is 0 Å². The molecule has 18 heavy (non-hydrogen) atoms. The van der Waals surface area contributed by atoms with Gasteiger partial charge < -0.3 is 4.74 Å². The number of ether oxygens (including phenoxy) is 1. The van der Waals surface area contributed by atoms with E-state index in [1.807, 2.05) is 6.07 Å². The van der Waals surface area contributed by atoms with Crippen LogP contribution in [-0.4, -0.2) is 34.3 Å². The zero-order chi connectivity index (χ0) is 13.8. The van der Waals surface area contributed by atoms with Gasteiger partial charge in [0.15, 0.2) is 5.75 Å². The Morgan fingerprint density at radius 1 is 1.50 bits per heavy atom. The van der Waals surface area contributed by atoms with E-state index in [4.69, 9.17) is 5.26 Å². The van der Waals surface area contributed by atoms with Crippen molar-refractivity contribution >= 4 is 21.7 Å². The first-order valence-electron chi connectivity index (χ1n) is 4.94. The molecule has 0 fully saturated rings. The lowest BCUT2D eigenvalue weighted by atomic mass is 10.2. The van der Waals surface area contributed by atoms with E-state index in [0.29, 0.717) is 11.3 Å². The van der Waals surface area contributed by atoms with Gasteiger partial charge in [0.2, 0.25) is 10.0 Å². The number of anilines is 1. The van der Waals surface area contributed by atoms with Gasteiger partial charge in [0, 0.05) is 7.05 Å². The van der Waals surface area contributed by atoms with E-state index in [1.54, 1.807) is 12.1 Å². The Labute approximate surface area is 105 Å². The first-order chi connectivity index (χ1) is 8.40. The second-order valence-corrected chi connectivity index (χ2v) is 5.46. The van der Waals surface area contributed by atoms with Crippen LogP contribution in [0.5, 0.6) is 0 Å². The highest BCUT2D eigenvalue weighted by atomic mass is 32.2.